The zero-order valence-corrected chi connectivity index (χ0v) is 8.55. The Balaban J connectivity index is 2.95. The molecule has 66 valence electrons. The van der Waals surface area contributed by atoms with Crippen molar-refractivity contribution in [1.82, 2.24) is 10.2 Å². The number of carbonyl (C=O) groups excluding carboxylic acids is 1. The molecule has 0 fully saturated rings. The number of aromatic amines is 1. The Morgan fingerprint density at radius 2 is 2.31 bits per heavy atom. The molecule has 1 heterocycles. The molecule has 0 bridgehead atoms. The summed E-state index contributed by atoms with van der Waals surface area (Å²) in [4.78, 5) is 10.7. The molecule has 1 N–H and O–H groups in total. The number of H-pyrrole nitrogens is 1. The first-order valence-electron chi connectivity index (χ1n) is 3.82. The summed E-state index contributed by atoms with van der Waals surface area (Å²) in [7, 11) is 0. The molecule has 0 saturated carbocycles. The van der Waals surface area contributed by atoms with Crippen LogP contribution in [0.3, 0.4) is 0 Å². The van der Waals surface area contributed by atoms with Gasteiger partial charge in [-0.05, 0) is 34.5 Å². The SMILES string of the molecule is Cc1ccc(Br)c2n[nH]c(C=O)c12. The standard InChI is InChI=1S/C9H7BrN2O/c1-5-2-3-6(10)9-8(5)7(4-13)11-12-9/h2-4H,1H3,(H,11,12). The minimum absolute atomic E-state index is 0.536. The summed E-state index contributed by atoms with van der Waals surface area (Å²) in [5.41, 5.74) is 2.39. The second-order valence-corrected chi connectivity index (χ2v) is 3.70. The highest BCUT2D eigenvalue weighted by atomic mass is 79.9. The van der Waals surface area contributed by atoms with Crippen molar-refractivity contribution < 1.29 is 4.79 Å². The van der Waals surface area contributed by atoms with E-state index in [1.54, 1.807) is 0 Å². The number of nitrogens with zero attached hydrogens (tertiary/aromatic N) is 1. The molecule has 0 saturated heterocycles. The molecular weight excluding hydrogens is 232 g/mol. The molecule has 0 aliphatic rings. The number of hydrogen-bond donors (Lipinski definition) is 1. The van der Waals surface area contributed by atoms with Crippen molar-refractivity contribution in [2.24, 2.45) is 0 Å². The Morgan fingerprint density at radius 1 is 1.54 bits per heavy atom. The lowest BCUT2D eigenvalue weighted by molar-refractivity contribution is 0.112. The fourth-order valence-corrected chi connectivity index (χ4v) is 1.79. The topological polar surface area (TPSA) is 45.8 Å². The fourth-order valence-electron chi connectivity index (χ4n) is 1.37. The maximum atomic E-state index is 10.7. The fraction of sp³-hybridized carbons (Fsp3) is 0.111. The van der Waals surface area contributed by atoms with Crippen molar-refractivity contribution >= 4 is 33.1 Å². The van der Waals surface area contributed by atoms with E-state index < -0.39 is 0 Å². The second kappa shape index (κ2) is 2.96. The third-order valence-electron chi connectivity index (χ3n) is 2.01. The van der Waals surface area contributed by atoms with Gasteiger partial charge in [0.15, 0.2) is 6.29 Å². The molecule has 0 aliphatic carbocycles. The zero-order valence-electron chi connectivity index (χ0n) is 6.97. The quantitative estimate of drug-likeness (QED) is 0.777. The normalized spacial score (nSPS) is 10.6. The van der Waals surface area contributed by atoms with Crippen LogP contribution in [-0.2, 0) is 0 Å². The summed E-state index contributed by atoms with van der Waals surface area (Å²) in [5, 5.41) is 7.64. The summed E-state index contributed by atoms with van der Waals surface area (Å²) >= 11 is 3.38. The minimum atomic E-state index is 0.536. The van der Waals surface area contributed by atoms with Crippen molar-refractivity contribution in [2.75, 3.05) is 0 Å². The van der Waals surface area contributed by atoms with Crippen LogP contribution >= 0.6 is 15.9 Å². The lowest BCUT2D eigenvalue weighted by Crippen LogP contribution is -1.82. The van der Waals surface area contributed by atoms with Crippen molar-refractivity contribution in [2.45, 2.75) is 6.92 Å². The molecule has 0 radical (unpaired) electrons. The first-order chi connectivity index (χ1) is 6.24. The Hall–Kier alpha value is -1.16. The lowest BCUT2D eigenvalue weighted by atomic mass is 10.1. The van der Waals surface area contributed by atoms with Crippen LogP contribution in [0.1, 0.15) is 16.1 Å². The Bertz CT molecular complexity index is 476. The summed E-state index contributed by atoms with van der Waals surface area (Å²) in [6, 6.07) is 3.88. The molecule has 0 unspecified atom stereocenters. The number of aryl methyl sites for hydroxylation is 1. The van der Waals surface area contributed by atoms with Crippen LogP contribution in [-0.4, -0.2) is 16.5 Å². The van der Waals surface area contributed by atoms with Crippen molar-refractivity contribution in [1.29, 1.82) is 0 Å². The first-order valence-corrected chi connectivity index (χ1v) is 4.61. The number of benzene rings is 1. The molecule has 13 heavy (non-hydrogen) atoms. The maximum Gasteiger partial charge on any atom is 0.168 e. The van der Waals surface area contributed by atoms with Gasteiger partial charge in [-0.1, -0.05) is 6.07 Å². The molecule has 2 rings (SSSR count). The molecule has 0 aliphatic heterocycles. The summed E-state index contributed by atoms with van der Waals surface area (Å²) in [6.07, 6.45) is 0.786. The number of aldehydes is 1. The van der Waals surface area contributed by atoms with Gasteiger partial charge in [-0.3, -0.25) is 9.89 Å². The predicted octanol–water partition coefficient (Wildman–Crippen LogP) is 2.45. The molecule has 3 nitrogen and oxygen atoms in total. The van der Waals surface area contributed by atoms with Crippen LogP contribution in [0, 0.1) is 6.92 Å². The highest BCUT2D eigenvalue weighted by Gasteiger charge is 2.09. The average Bonchev–Trinajstić information content (AvgIpc) is 2.56. The number of halogens is 1. The van der Waals surface area contributed by atoms with Gasteiger partial charge in [-0.2, -0.15) is 5.10 Å². The highest BCUT2D eigenvalue weighted by molar-refractivity contribution is 9.10. The summed E-state index contributed by atoms with van der Waals surface area (Å²) in [6.45, 7) is 1.96. The summed E-state index contributed by atoms with van der Waals surface area (Å²) in [5.74, 6) is 0. The molecular formula is C9H7BrN2O. The van der Waals surface area contributed by atoms with E-state index in [0.29, 0.717) is 5.69 Å². The Kier molecular flexibility index (Phi) is 1.92. The number of rotatable bonds is 1. The number of aromatic nitrogens is 2. The monoisotopic (exact) mass is 238 g/mol. The molecule has 1 aromatic heterocycles. The highest BCUT2D eigenvalue weighted by Crippen LogP contribution is 2.26. The third-order valence-corrected chi connectivity index (χ3v) is 2.65. The first kappa shape index (κ1) is 8.44. The average molecular weight is 239 g/mol. The maximum absolute atomic E-state index is 10.7. The van der Waals surface area contributed by atoms with Crippen LogP contribution in [0.2, 0.25) is 0 Å². The minimum Gasteiger partial charge on any atom is -0.296 e. The molecule has 1 aromatic carbocycles. The van der Waals surface area contributed by atoms with Gasteiger partial charge in [-0.25, -0.2) is 0 Å². The Morgan fingerprint density at radius 3 is 3.00 bits per heavy atom. The van der Waals surface area contributed by atoms with Crippen molar-refractivity contribution in [3.8, 4) is 0 Å². The van der Waals surface area contributed by atoms with Gasteiger partial charge >= 0.3 is 0 Å². The number of fused-ring (bicyclic) bond motifs is 1. The van der Waals surface area contributed by atoms with Gasteiger partial charge in [0.2, 0.25) is 0 Å². The van der Waals surface area contributed by atoms with Gasteiger partial charge in [0, 0.05) is 9.86 Å². The van der Waals surface area contributed by atoms with Gasteiger partial charge < -0.3 is 0 Å². The van der Waals surface area contributed by atoms with E-state index in [0.717, 1.165) is 27.2 Å². The van der Waals surface area contributed by atoms with E-state index in [1.807, 2.05) is 19.1 Å². The van der Waals surface area contributed by atoms with Gasteiger partial charge in [0.1, 0.15) is 11.2 Å². The van der Waals surface area contributed by atoms with E-state index >= 15 is 0 Å². The second-order valence-electron chi connectivity index (χ2n) is 2.84. The van der Waals surface area contributed by atoms with Crippen molar-refractivity contribution in [3.05, 3.63) is 27.9 Å². The predicted molar refractivity (Wildman–Crippen MR) is 53.9 cm³/mol. The van der Waals surface area contributed by atoms with Crippen LogP contribution in [0.15, 0.2) is 16.6 Å². The third kappa shape index (κ3) is 1.18. The number of carbonyl (C=O) groups is 1. The molecule has 2 aromatic rings. The molecule has 4 heteroatoms. The van der Waals surface area contributed by atoms with E-state index in [-0.39, 0.29) is 0 Å². The zero-order chi connectivity index (χ0) is 9.42. The van der Waals surface area contributed by atoms with Gasteiger partial charge in [-0.15, -0.1) is 0 Å². The smallest absolute Gasteiger partial charge is 0.168 e. The molecule has 0 atom stereocenters. The van der Waals surface area contributed by atoms with Crippen LogP contribution < -0.4 is 0 Å². The Labute approximate surface area is 83.3 Å². The largest absolute Gasteiger partial charge is 0.296 e. The van der Waals surface area contributed by atoms with E-state index in [9.17, 15) is 4.79 Å². The summed E-state index contributed by atoms with van der Waals surface area (Å²) < 4.78 is 0.900. The molecule has 0 spiro atoms. The van der Waals surface area contributed by atoms with E-state index in [4.69, 9.17) is 0 Å². The van der Waals surface area contributed by atoms with Crippen LogP contribution in [0.5, 0.6) is 0 Å². The molecule has 0 amide bonds. The number of hydrogen-bond acceptors (Lipinski definition) is 2. The lowest BCUT2D eigenvalue weighted by Gasteiger charge is -1.96. The van der Waals surface area contributed by atoms with E-state index in [2.05, 4.69) is 26.1 Å². The van der Waals surface area contributed by atoms with Crippen molar-refractivity contribution in [3.63, 3.8) is 0 Å². The van der Waals surface area contributed by atoms with Gasteiger partial charge in [0.25, 0.3) is 0 Å². The number of nitrogens with one attached hydrogen (secondary N) is 1. The van der Waals surface area contributed by atoms with Crippen LogP contribution in [0.4, 0.5) is 0 Å². The van der Waals surface area contributed by atoms with Gasteiger partial charge in [0.05, 0.1) is 0 Å². The van der Waals surface area contributed by atoms with Crippen LogP contribution in [0.25, 0.3) is 10.9 Å². The van der Waals surface area contributed by atoms with E-state index in [1.165, 1.54) is 0 Å².